The maximum Gasteiger partial charge on any atom is 0.255 e. The highest BCUT2D eigenvalue weighted by Gasteiger charge is 2.22. The zero-order valence-electron chi connectivity index (χ0n) is 17.7. The Kier molecular flexibility index (Phi) is 6.32. The molecule has 2 aromatic carbocycles. The molecule has 0 unspecified atom stereocenters. The number of morpholine rings is 1. The van der Waals surface area contributed by atoms with Crippen molar-refractivity contribution in [2.24, 2.45) is 0 Å². The van der Waals surface area contributed by atoms with Gasteiger partial charge in [0.2, 0.25) is 5.91 Å². The molecule has 2 heterocycles. The first kappa shape index (κ1) is 21.1. The second-order valence-corrected chi connectivity index (χ2v) is 7.89. The molecule has 2 aromatic rings. The number of carbonyl (C=O) groups excluding carboxylic acids is 3. The third-order valence-electron chi connectivity index (χ3n) is 5.88. The van der Waals surface area contributed by atoms with Crippen molar-refractivity contribution in [2.45, 2.75) is 26.2 Å². The van der Waals surface area contributed by atoms with E-state index in [1.165, 1.54) is 0 Å². The van der Waals surface area contributed by atoms with E-state index < -0.39 is 0 Å². The van der Waals surface area contributed by atoms with Crippen LogP contribution < -0.4 is 10.2 Å². The predicted octanol–water partition coefficient (Wildman–Crippen LogP) is 3.24. The zero-order chi connectivity index (χ0) is 21.8. The maximum absolute atomic E-state index is 12.9. The number of nitrogens with one attached hydrogen (secondary N) is 1. The van der Waals surface area contributed by atoms with Crippen molar-refractivity contribution in [1.82, 2.24) is 4.90 Å². The lowest BCUT2D eigenvalue weighted by Gasteiger charge is -2.27. The molecule has 0 spiro atoms. The molecule has 7 heteroatoms. The van der Waals surface area contributed by atoms with Crippen molar-refractivity contribution in [2.75, 3.05) is 43.1 Å². The van der Waals surface area contributed by atoms with E-state index in [1.54, 1.807) is 40.1 Å². The number of nitrogens with zero attached hydrogens (tertiary/aromatic N) is 2. The fourth-order valence-electron chi connectivity index (χ4n) is 4.01. The number of hydrogen-bond donors (Lipinski definition) is 1. The number of anilines is 2. The van der Waals surface area contributed by atoms with Gasteiger partial charge in [-0.1, -0.05) is 6.07 Å². The Morgan fingerprint density at radius 3 is 2.42 bits per heavy atom. The molecule has 0 radical (unpaired) electrons. The molecule has 2 aliphatic heterocycles. The Balaban J connectivity index is 1.47. The van der Waals surface area contributed by atoms with E-state index >= 15 is 0 Å². The second-order valence-electron chi connectivity index (χ2n) is 7.89. The maximum atomic E-state index is 12.9. The standard InChI is InChI=1S/C24H27N3O4/c1-17-20(24(30)26-13-15-31-16-14-26)5-4-6-21(17)25-23(29)18-8-10-19(11-9-18)27-12-3-2-7-22(27)28/h4-6,8-11H,2-3,7,12-16H2,1H3,(H,25,29). The van der Waals surface area contributed by atoms with Crippen molar-refractivity contribution >= 4 is 29.1 Å². The number of benzene rings is 2. The molecule has 0 saturated carbocycles. The average Bonchev–Trinajstić information content (AvgIpc) is 2.81. The molecule has 2 fully saturated rings. The molecule has 2 saturated heterocycles. The third kappa shape index (κ3) is 4.61. The normalized spacial score (nSPS) is 16.9. The SMILES string of the molecule is Cc1c(NC(=O)c2ccc(N3CCCCC3=O)cc2)cccc1C(=O)N1CCOCC1. The molecule has 0 aliphatic carbocycles. The van der Waals surface area contributed by atoms with Gasteiger partial charge >= 0.3 is 0 Å². The highest BCUT2D eigenvalue weighted by Crippen LogP contribution is 2.24. The van der Waals surface area contributed by atoms with E-state index in [-0.39, 0.29) is 17.7 Å². The van der Waals surface area contributed by atoms with Crippen molar-refractivity contribution < 1.29 is 19.1 Å². The summed E-state index contributed by atoms with van der Waals surface area (Å²) in [5.41, 5.74) is 3.24. The predicted molar refractivity (Wildman–Crippen MR) is 119 cm³/mol. The van der Waals surface area contributed by atoms with Gasteiger partial charge in [-0.25, -0.2) is 0 Å². The molecule has 0 bridgehead atoms. The Bertz CT molecular complexity index is 981. The summed E-state index contributed by atoms with van der Waals surface area (Å²) in [6, 6.07) is 12.4. The van der Waals surface area contributed by atoms with E-state index in [9.17, 15) is 14.4 Å². The topological polar surface area (TPSA) is 79.0 Å². The fourth-order valence-corrected chi connectivity index (χ4v) is 4.01. The van der Waals surface area contributed by atoms with Crippen molar-refractivity contribution in [1.29, 1.82) is 0 Å². The largest absolute Gasteiger partial charge is 0.378 e. The number of ether oxygens (including phenoxy) is 1. The van der Waals surface area contributed by atoms with E-state index in [0.717, 1.165) is 24.1 Å². The quantitative estimate of drug-likeness (QED) is 0.822. The van der Waals surface area contributed by atoms with E-state index in [4.69, 9.17) is 4.74 Å². The van der Waals surface area contributed by atoms with Gasteiger partial charge in [0, 0.05) is 48.6 Å². The lowest BCUT2D eigenvalue weighted by molar-refractivity contribution is -0.119. The van der Waals surface area contributed by atoms with Crippen LogP contribution in [0.3, 0.4) is 0 Å². The lowest BCUT2D eigenvalue weighted by atomic mass is 10.0. The third-order valence-corrected chi connectivity index (χ3v) is 5.88. The minimum absolute atomic E-state index is 0.0487. The minimum atomic E-state index is -0.254. The molecule has 0 atom stereocenters. The van der Waals surface area contributed by atoms with Gasteiger partial charge in [0.25, 0.3) is 11.8 Å². The molecular formula is C24H27N3O4. The summed E-state index contributed by atoms with van der Waals surface area (Å²) in [5, 5.41) is 2.92. The van der Waals surface area contributed by atoms with Crippen LogP contribution in [0.1, 0.15) is 45.5 Å². The van der Waals surface area contributed by atoms with Gasteiger partial charge in [0.05, 0.1) is 13.2 Å². The second kappa shape index (κ2) is 9.31. The van der Waals surface area contributed by atoms with Crippen LogP contribution in [0.2, 0.25) is 0 Å². The molecule has 3 amide bonds. The molecule has 1 N–H and O–H groups in total. The first-order valence-corrected chi connectivity index (χ1v) is 10.7. The van der Waals surface area contributed by atoms with Gasteiger partial charge in [0.1, 0.15) is 0 Å². The molecule has 7 nitrogen and oxygen atoms in total. The van der Waals surface area contributed by atoms with Crippen LogP contribution in [0, 0.1) is 6.92 Å². The van der Waals surface area contributed by atoms with Crippen LogP contribution in [-0.4, -0.2) is 55.5 Å². The summed E-state index contributed by atoms with van der Waals surface area (Å²) < 4.78 is 5.32. The van der Waals surface area contributed by atoms with Gasteiger partial charge in [-0.3, -0.25) is 14.4 Å². The van der Waals surface area contributed by atoms with Crippen LogP contribution >= 0.6 is 0 Å². The lowest BCUT2D eigenvalue weighted by Crippen LogP contribution is -2.41. The summed E-state index contributed by atoms with van der Waals surface area (Å²) in [7, 11) is 0. The Hall–Kier alpha value is -3.19. The minimum Gasteiger partial charge on any atom is -0.378 e. The van der Waals surface area contributed by atoms with Gasteiger partial charge in [0.15, 0.2) is 0 Å². The highest BCUT2D eigenvalue weighted by atomic mass is 16.5. The molecule has 2 aliphatic rings. The Labute approximate surface area is 182 Å². The fraction of sp³-hybridized carbons (Fsp3) is 0.375. The number of piperidine rings is 1. The van der Waals surface area contributed by atoms with Crippen LogP contribution in [0.25, 0.3) is 0 Å². The van der Waals surface area contributed by atoms with Gasteiger partial charge in [-0.15, -0.1) is 0 Å². The van der Waals surface area contributed by atoms with E-state index in [1.807, 2.05) is 19.1 Å². The summed E-state index contributed by atoms with van der Waals surface area (Å²) in [5.74, 6) is -0.177. The number of hydrogen-bond acceptors (Lipinski definition) is 4. The Morgan fingerprint density at radius 1 is 0.968 bits per heavy atom. The highest BCUT2D eigenvalue weighted by molar-refractivity contribution is 6.06. The van der Waals surface area contributed by atoms with Crippen molar-refractivity contribution in [3.63, 3.8) is 0 Å². The first-order chi connectivity index (χ1) is 15.0. The summed E-state index contributed by atoms with van der Waals surface area (Å²) in [6.45, 7) is 4.78. The molecule has 4 rings (SSSR count). The monoisotopic (exact) mass is 421 g/mol. The smallest absolute Gasteiger partial charge is 0.255 e. The summed E-state index contributed by atoms with van der Waals surface area (Å²) >= 11 is 0. The number of rotatable bonds is 4. The van der Waals surface area contributed by atoms with Crippen molar-refractivity contribution in [3.8, 4) is 0 Å². The van der Waals surface area contributed by atoms with E-state index in [0.29, 0.717) is 56.1 Å². The van der Waals surface area contributed by atoms with Gasteiger partial charge in [-0.2, -0.15) is 0 Å². The summed E-state index contributed by atoms with van der Waals surface area (Å²) in [6.07, 6.45) is 2.50. The van der Waals surface area contributed by atoms with Crippen LogP contribution in [-0.2, 0) is 9.53 Å². The Morgan fingerprint density at radius 2 is 1.71 bits per heavy atom. The van der Waals surface area contributed by atoms with Crippen LogP contribution in [0.15, 0.2) is 42.5 Å². The summed E-state index contributed by atoms with van der Waals surface area (Å²) in [4.78, 5) is 41.3. The van der Waals surface area contributed by atoms with Crippen LogP contribution in [0.4, 0.5) is 11.4 Å². The molecule has 162 valence electrons. The molecule has 0 aromatic heterocycles. The van der Waals surface area contributed by atoms with Crippen molar-refractivity contribution in [3.05, 3.63) is 59.2 Å². The molecular weight excluding hydrogens is 394 g/mol. The van der Waals surface area contributed by atoms with Crippen LogP contribution in [0.5, 0.6) is 0 Å². The molecule has 31 heavy (non-hydrogen) atoms. The average molecular weight is 421 g/mol. The van der Waals surface area contributed by atoms with Gasteiger partial charge in [-0.05, 0) is 61.7 Å². The number of carbonyl (C=O) groups is 3. The number of amides is 3. The first-order valence-electron chi connectivity index (χ1n) is 10.7. The zero-order valence-corrected chi connectivity index (χ0v) is 17.7. The van der Waals surface area contributed by atoms with E-state index in [2.05, 4.69) is 5.32 Å². The van der Waals surface area contributed by atoms with Gasteiger partial charge < -0.3 is 19.9 Å².